The van der Waals surface area contributed by atoms with E-state index in [9.17, 15) is 4.79 Å². The van der Waals surface area contributed by atoms with Gasteiger partial charge in [-0.05, 0) is 43.9 Å². The molecule has 1 heterocycles. The Hall–Kier alpha value is -1.23. The lowest BCUT2D eigenvalue weighted by Gasteiger charge is -2.35. The van der Waals surface area contributed by atoms with E-state index in [1.807, 2.05) is 11.0 Å². The summed E-state index contributed by atoms with van der Waals surface area (Å²) in [5.74, 6) is 1.32. The van der Waals surface area contributed by atoms with Gasteiger partial charge in [0.2, 0.25) is 0 Å². The summed E-state index contributed by atoms with van der Waals surface area (Å²) in [5, 5.41) is 0.924. The summed E-state index contributed by atoms with van der Waals surface area (Å²) < 4.78 is 10.5. The molecule has 1 unspecified atom stereocenters. The van der Waals surface area contributed by atoms with Gasteiger partial charge in [0.05, 0.1) is 14.2 Å². The minimum absolute atomic E-state index is 0.0848. The smallest absolute Gasteiger partial charge is 0.254 e. The minimum Gasteiger partial charge on any atom is -0.493 e. The fourth-order valence-electron chi connectivity index (χ4n) is 2.83. The first-order valence-electron chi connectivity index (χ1n) is 7.30. The van der Waals surface area contributed by atoms with Gasteiger partial charge in [-0.25, -0.2) is 0 Å². The Labute approximate surface area is 134 Å². The highest BCUT2D eigenvalue weighted by molar-refractivity contribution is 9.09. The first-order valence-corrected chi connectivity index (χ1v) is 8.42. The van der Waals surface area contributed by atoms with Gasteiger partial charge in [-0.2, -0.15) is 0 Å². The Morgan fingerprint density at radius 2 is 2.05 bits per heavy atom. The van der Waals surface area contributed by atoms with E-state index in [1.165, 1.54) is 6.42 Å². The predicted molar refractivity (Wildman–Crippen MR) is 86.6 cm³/mol. The number of carbonyl (C=O) groups excluding carboxylic acids is 1. The van der Waals surface area contributed by atoms with Gasteiger partial charge >= 0.3 is 0 Å². The molecule has 21 heavy (non-hydrogen) atoms. The summed E-state index contributed by atoms with van der Waals surface area (Å²) >= 11 is 3.48. The number of carbonyl (C=O) groups is 1. The molecule has 1 amide bonds. The van der Waals surface area contributed by atoms with Crippen LogP contribution in [0, 0.1) is 0 Å². The van der Waals surface area contributed by atoms with Crippen molar-refractivity contribution in [3.63, 3.8) is 0 Å². The molecule has 1 aromatic rings. The van der Waals surface area contributed by atoms with Crippen LogP contribution in [-0.2, 0) is 0 Å². The van der Waals surface area contributed by atoms with Gasteiger partial charge in [0.25, 0.3) is 5.91 Å². The van der Waals surface area contributed by atoms with Gasteiger partial charge < -0.3 is 14.4 Å². The van der Waals surface area contributed by atoms with Gasteiger partial charge in [0.15, 0.2) is 11.5 Å². The quantitative estimate of drug-likeness (QED) is 0.759. The second kappa shape index (κ2) is 7.69. The van der Waals surface area contributed by atoms with Gasteiger partial charge in [-0.3, -0.25) is 4.79 Å². The number of halogens is 1. The molecular weight excluding hydrogens is 334 g/mol. The van der Waals surface area contributed by atoms with Crippen molar-refractivity contribution >= 4 is 21.8 Å². The Bertz CT molecular complexity index is 490. The minimum atomic E-state index is 0.0848. The SMILES string of the molecule is COc1ccc(C(=O)N2CCCCC2CCBr)cc1OC. The lowest BCUT2D eigenvalue weighted by Crippen LogP contribution is -2.43. The Balaban J connectivity index is 2.21. The van der Waals surface area contributed by atoms with Crippen LogP contribution in [0.15, 0.2) is 18.2 Å². The van der Waals surface area contributed by atoms with Crippen molar-refractivity contribution in [1.82, 2.24) is 4.90 Å². The van der Waals surface area contributed by atoms with Gasteiger partial charge in [0, 0.05) is 23.5 Å². The fourth-order valence-corrected chi connectivity index (χ4v) is 3.36. The van der Waals surface area contributed by atoms with E-state index in [2.05, 4.69) is 15.9 Å². The van der Waals surface area contributed by atoms with Crippen molar-refractivity contribution in [3.05, 3.63) is 23.8 Å². The maximum Gasteiger partial charge on any atom is 0.254 e. The van der Waals surface area contributed by atoms with E-state index in [1.54, 1.807) is 26.4 Å². The first kappa shape index (κ1) is 16.1. The van der Waals surface area contributed by atoms with Crippen molar-refractivity contribution in [1.29, 1.82) is 0 Å². The summed E-state index contributed by atoms with van der Waals surface area (Å²) in [6.45, 7) is 0.838. The van der Waals surface area contributed by atoms with E-state index >= 15 is 0 Å². The fraction of sp³-hybridized carbons (Fsp3) is 0.562. The van der Waals surface area contributed by atoms with Crippen LogP contribution in [0.4, 0.5) is 0 Å². The Morgan fingerprint density at radius 3 is 2.71 bits per heavy atom. The van der Waals surface area contributed by atoms with Crippen molar-refractivity contribution in [2.45, 2.75) is 31.7 Å². The van der Waals surface area contributed by atoms with Crippen molar-refractivity contribution in [2.75, 3.05) is 26.1 Å². The van der Waals surface area contributed by atoms with Crippen LogP contribution in [0.5, 0.6) is 11.5 Å². The van der Waals surface area contributed by atoms with Crippen LogP contribution in [0.3, 0.4) is 0 Å². The van der Waals surface area contributed by atoms with E-state index in [0.29, 0.717) is 23.1 Å². The van der Waals surface area contributed by atoms with Gasteiger partial charge in [0.1, 0.15) is 0 Å². The molecule has 1 atom stereocenters. The third-order valence-electron chi connectivity index (χ3n) is 3.96. The molecular formula is C16H22BrNO3. The highest BCUT2D eigenvalue weighted by atomic mass is 79.9. The van der Waals surface area contributed by atoms with Crippen molar-refractivity contribution in [2.24, 2.45) is 0 Å². The molecule has 2 rings (SSSR count). The monoisotopic (exact) mass is 355 g/mol. The molecule has 116 valence electrons. The predicted octanol–water partition coefficient (Wildman–Crippen LogP) is 3.48. The first-order chi connectivity index (χ1) is 10.2. The normalized spacial score (nSPS) is 18.4. The summed E-state index contributed by atoms with van der Waals surface area (Å²) in [6, 6.07) is 5.69. The Kier molecular flexibility index (Phi) is 5.91. The number of rotatable bonds is 5. The van der Waals surface area contributed by atoms with Crippen LogP contribution >= 0.6 is 15.9 Å². The maximum absolute atomic E-state index is 12.8. The molecule has 0 spiro atoms. The third kappa shape index (κ3) is 3.70. The highest BCUT2D eigenvalue weighted by Crippen LogP contribution is 2.29. The number of piperidine rings is 1. The molecule has 4 nitrogen and oxygen atoms in total. The van der Waals surface area contributed by atoms with Gasteiger partial charge in [-0.15, -0.1) is 0 Å². The number of amides is 1. The molecule has 5 heteroatoms. The lowest BCUT2D eigenvalue weighted by molar-refractivity contribution is 0.0609. The van der Waals surface area contributed by atoms with Crippen LogP contribution in [-0.4, -0.2) is 42.9 Å². The molecule has 1 saturated heterocycles. The number of ether oxygens (including phenoxy) is 2. The molecule has 0 aromatic heterocycles. The number of hydrogen-bond acceptors (Lipinski definition) is 3. The van der Waals surface area contributed by atoms with Crippen LogP contribution in [0.2, 0.25) is 0 Å². The topological polar surface area (TPSA) is 38.8 Å². The van der Waals surface area contributed by atoms with Crippen LogP contribution < -0.4 is 9.47 Å². The zero-order valence-electron chi connectivity index (χ0n) is 12.6. The summed E-state index contributed by atoms with van der Waals surface area (Å²) in [7, 11) is 3.18. The van der Waals surface area contributed by atoms with Crippen LogP contribution in [0.25, 0.3) is 0 Å². The van der Waals surface area contributed by atoms with E-state index in [4.69, 9.17) is 9.47 Å². The molecule has 0 radical (unpaired) electrons. The largest absolute Gasteiger partial charge is 0.493 e. The van der Waals surface area contributed by atoms with E-state index < -0.39 is 0 Å². The average Bonchev–Trinajstić information content (AvgIpc) is 2.54. The summed E-state index contributed by atoms with van der Waals surface area (Å²) in [6.07, 6.45) is 4.37. The van der Waals surface area contributed by atoms with E-state index in [0.717, 1.165) is 31.1 Å². The van der Waals surface area contributed by atoms with E-state index in [-0.39, 0.29) is 5.91 Å². The third-order valence-corrected chi connectivity index (χ3v) is 4.42. The summed E-state index contributed by atoms with van der Waals surface area (Å²) in [5.41, 5.74) is 0.661. The zero-order valence-corrected chi connectivity index (χ0v) is 14.2. The van der Waals surface area contributed by atoms with Gasteiger partial charge in [-0.1, -0.05) is 15.9 Å². The molecule has 0 N–H and O–H groups in total. The molecule has 1 aliphatic heterocycles. The average molecular weight is 356 g/mol. The molecule has 0 aliphatic carbocycles. The number of hydrogen-bond donors (Lipinski definition) is 0. The molecule has 1 aliphatic rings. The molecule has 0 saturated carbocycles. The second-order valence-corrected chi connectivity index (χ2v) is 5.99. The molecule has 1 fully saturated rings. The number of likely N-dealkylation sites (tertiary alicyclic amines) is 1. The highest BCUT2D eigenvalue weighted by Gasteiger charge is 2.27. The number of alkyl halides is 1. The Morgan fingerprint density at radius 1 is 1.29 bits per heavy atom. The van der Waals surface area contributed by atoms with Crippen LogP contribution in [0.1, 0.15) is 36.0 Å². The molecule has 0 bridgehead atoms. The van der Waals surface area contributed by atoms with Crippen molar-refractivity contribution < 1.29 is 14.3 Å². The number of nitrogens with zero attached hydrogens (tertiary/aromatic N) is 1. The standard InChI is InChI=1S/C16H22BrNO3/c1-20-14-7-6-12(11-15(14)21-2)16(19)18-10-4-3-5-13(18)8-9-17/h6-7,11,13H,3-5,8-10H2,1-2H3. The second-order valence-electron chi connectivity index (χ2n) is 5.20. The lowest BCUT2D eigenvalue weighted by atomic mass is 9.99. The maximum atomic E-state index is 12.8. The molecule has 1 aromatic carbocycles. The number of methoxy groups -OCH3 is 2. The van der Waals surface area contributed by atoms with Crippen molar-refractivity contribution in [3.8, 4) is 11.5 Å². The number of benzene rings is 1. The summed E-state index contributed by atoms with van der Waals surface area (Å²) in [4.78, 5) is 14.8. The zero-order chi connectivity index (χ0) is 15.2.